The van der Waals surface area contributed by atoms with E-state index in [0.717, 1.165) is 18.6 Å². The lowest BCUT2D eigenvalue weighted by molar-refractivity contribution is 0.101. The van der Waals surface area contributed by atoms with Crippen LogP contribution in [0.2, 0.25) is 0 Å². The number of Topliss-reactive ketones (excluding diaryl/α,β-unsaturated/α-hetero) is 1. The van der Waals surface area contributed by atoms with Gasteiger partial charge in [-0.25, -0.2) is 0 Å². The van der Waals surface area contributed by atoms with E-state index >= 15 is 0 Å². The smallest absolute Gasteiger partial charge is 0.194 e. The van der Waals surface area contributed by atoms with E-state index in [9.17, 15) is 4.79 Å². The van der Waals surface area contributed by atoms with E-state index in [-0.39, 0.29) is 5.78 Å². The van der Waals surface area contributed by atoms with Crippen LogP contribution in [0.1, 0.15) is 43.5 Å². The monoisotopic (exact) mass is 374 g/mol. The molecule has 126 valence electrons. The van der Waals surface area contributed by atoms with Gasteiger partial charge in [0.05, 0.1) is 0 Å². The number of hydrogen-bond acceptors (Lipinski definition) is 2. The largest absolute Gasteiger partial charge is 0.490 e. The number of hydrogen-bond donors (Lipinski definition) is 0. The fourth-order valence-corrected chi connectivity index (χ4v) is 2.08. The van der Waals surface area contributed by atoms with Gasteiger partial charge in [0.2, 0.25) is 0 Å². The molecule has 1 rings (SSSR count). The van der Waals surface area contributed by atoms with Crippen LogP contribution in [0.3, 0.4) is 0 Å². The molecule has 0 aliphatic carbocycles. The average molecular weight is 376 g/mol. The highest BCUT2D eigenvalue weighted by Gasteiger charge is 2.16. The lowest BCUT2D eigenvalue weighted by Gasteiger charge is -2.06. The van der Waals surface area contributed by atoms with Crippen molar-refractivity contribution in [2.45, 2.75) is 36.9 Å². The molecule has 0 atom stereocenters. The van der Waals surface area contributed by atoms with Gasteiger partial charge < -0.3 is 4.74 Å². The van der Waals surface area contributed by atoms with Crippen LogP contribution in [0.5, 0.6) is 5.75 Å². The van der Waals surface area contributed by atoms with Gasteiger partial charge in [-0.05, 0) is 57.0 Å². The number of carbonyl (C=O) groups excluding carboxylic acids is 1. The van der Waals surface area contributed by atoms with Gasteiger partial charge in [-0.1, -0.05) is 52.5 Å². The Kier molecular flexibility index (Phi) is 8.75. The maximum Gasteiger partial charge on any atom is 0.194 e. The minimum atomic E-state index is -1.22. The van der Waals surface area contributed by atoms with Gasteiger partial charge in [0.25, 0.3) is 0 Å². The van der Waals surface area contributed by atoms with Gasteiger partial charge in [0.15, 0.2) is 9.58 Å². The van der Waals surface area contributed by atoms with Crippen molar-refractivity contribution in [3.63, 3.8) is 0 Å². The summed E-state index contributed by atoms with van der Waals surface area (Å²) in [6.45, 7) is 4.11. The molecule has 2 nitrogen and oxygen atoms in total. The second-order valence-electron chi connectivity index (χ2n) is 5.27. The Morgan fingerprint density at radius 2 is 1.78 bits per heavy atom. The predicted octanol–water partition coefficient (Wildman–Crippen LogP) is 6.31. The summed E-state index contributed by atoms with van der Waals surface area (Å²) in [4.78, 5) is 11.2. The lowest BCUT2D eigenvalue weighted by Crippen LogP contribution is -1.98. The van der Waals surface area contributed by atoms with E-state index in [1.165, 1.54) is 5.57 Å². The van der Waals surface area contributed by atoms with Gasteiger partial charge in [0.1, 0.15) is 12.4 Å². The first kappa shape index (κ1) is 20.1. The molecule has 0 unspecified atom stereocenters. The first-order chi connectivity index (χ1) is 10.8. The molecular weight excluding hydrogens is 355 g/mol. The highest BCUT2D eigenvalue weighted by Crippen LogP contribution is 2.30. The first-order valence-corrected chi connectivity index (χ1v) is 8.52. The molecule has 0 amide bonds. The van der Waals surface area contributed by atoms with Crippen LogP contribution in [-0.2, 0) is 0 Å². The summed E-state index contributed by atoms with van der Waals surface area (Å²) in [6, 6.07) is 7.14. The van der Waals surface area contributed by atoms with Crippen molar-refractivity contribution < 1.29 is 9.53 Å². The number of benzene rings is 1. The first-order valence-electron chi connectivity index (χ1n) is 7.39. The van der Waals surface area contributed by atoms with Gasteiger partial charge in [0, 0.05) is 12.0 Å². The third-order valence-electron chi connectivity index (χ3n) is 3.16. The summed E-state index contributed by atoms with van der Waals surface area (Å²) < 4.78 is 4.41. The van der Waals surface area contributed by atoms with Crippen LogP contribution in [-0.4, -0.2) is 16.2 Å². The molecule has 0 fully saturated rings. The third kappa shape index (κ3) is 9.70. The molecule has 1 aromatic rings. The Morgan fingerprint density at radius 1 is 1.13 bits per heavy atom. The topological polar surface area (TPSA) is 26.3 Å². The summed E-state index contributed by atoms with van der Waals surface area (Å²) in [7, 11) is 0. The van der Waals surface area contributed by atoms with Gasteiger partial charge in [-0.3, -0.25) is 4.79 Å². The lowest BCUT2D eigenvalue weighted by atomic mass is 10.1. The molecule has 0 aromatic heterocycles. The van der Waals surface area contributed by atoms with Crippen molar-refractivity contribution in [3.8, 4) is 5.75 Å². The Balaban J connectivity index is 2.29. The summed E-state index contributed by atoms with van der Waals surface area (Å²) in [5.41, 5.74) is 1.93. The average Bonchev–Trinajstić information content (AvgIpc) is 2.46. The van der Waals surface area contributed by atoms with E-state index in [2.05, 4.69) is 6.92 Å². The summed E-state index contributed by atoms with van der Waals surface area (Å²) >= 11 is 17.0. The fraction of sp³-hybridized carbons (Fsp3) is 0.389. The number of ketones is 1. The highest BCUT2D eigenvalue weighted by molar-refractivity contribution is 6.67. The zero-order chi connectivity index (χ0) is 17.3. The van der Waals surface area contributed by atoms with Crippen molar-refractivity contribution in [2.75, 3.05) is 6.61 Å². The van der Waals surface area contributed by atoms with Crippen LogP contribution in [0.4, 0.5) is 0 Å². The zero-order valence-electron chi connectivity index (χ0n) is 13.3. The molecule has 23 heavy (non-hydrogen) atoms. The Morgan fingerprint density at radius 3 is 2.35 bits per heavy atom. The van der Waals surface area contributed by atoms with Crippen molar-refractivity contribution in [3.05, 3.63) is 53.6 Å². The number of rotatable bonds is 8. The number of halogens is 3. The molecule has 1 aromatic carbocycles. The standard InChI is InChI=1S/C18H21Cl3O2/c1-14(6-4-3-5-12-18(19,20)21)11-13-23-17-9-7-16(8-10-17)15(2)22/h3,5,7-11H,4,6,12-13H2,1-2H3. The summed E-state index contributed by atoms with van der Waals surface area (Å²) in [5.74, 6) is 0.803. The molecular formula is C18H21Cl3O2. The molecule has 0 spiro atoms. The van der Waals surface area contributed by atoms with E-state index in [1.54, 1.807) is 31.2 Å². The van der Waals surface area contributed by atoms with E-state index in [1.807, 2.05) is 18.2 Å². The SMILES string of the molecule is CC(=O)c1ccc(OCC=C(C)CCC=CCC(Cl)(Cl)Cl)cc1. The molecule has 0 saturated carbocycles. The maximum atomic E-state index is 11.2. The van der Waals surface area contributed by atoms with Crippen LogP contribution in [0.25, 0.3) is 0 Å². The van der Waals surface area contributed by atoms with Gasteiger partial charge in [-0.15, -0.1) is 0 Å². The van der Waals surface area contributed by atoms with Crippen molar-refractivity contribution >= 4 is 40.6 Å². The fourth-order valence-electron chi connectivity index (χ4n) is 1.81. The Hall–Kier alpha value is -0.960. The summed E-state index contributed by atoms with van der Waals surface area (Å²) in [6.07, 6.45) is 8.19. The highest BCUT2D eigenvalue weighted by atomic mass is 35.6. The molecule has 0 aliphatic heterocycles. The van der Waals surface area contributed by atoms with E-state index < -0.39 is 3.79 Å². The summed E-state index contributed by atoms with van der Waals surface area (Å²) in [5, 5.41) is 0. The minimum absolute atomic E-state index is 0.0510. The van der Waals surface area contributed by atoms with Crippen LogP contribution in [0, 0.1) is 0 Å². The number of carbonyl (C=O) groups is 1. The molecule has 0 N–H and O–H groups in total. The Labute approximate surface area is 153 Å². The van der Waals surface area contributed by atoms with Crippen molar-refractivity contribution in [1.29, 1.82) is 0 Å². The zero-order valence-corrected chi connectivity index (χ0v) is 15.6. The molecule has 0 aliphatic rings. The van der Waals surface area contributed by atoms with Crippen LogP contribution in [0.15, 0.2) is 48.1 Å². The normalized spacial score (nSPS) is 12.7. The third-order valence-corrected chi connectivity index (χ3v) is 3.63. The number of ether oxygens (including phenoxy) is 1. The minimum Gasteiger partial charge on any atom is -0.490 e. The predicted molar refractivity (Wildman–Crippen MR) is 99.0 cm³/mol. The second kappa shape index (κ2) is 10.0. The van der Waals surface area contributed by atoms with E-state index in [0.29, 0.717) is 18.6 Å². The van der Waals surface area contributed by atoms with Crippen molar-refractivity contribution in [2.24, 2.45) is 0 Å². The van der Waals surface area contributed by atoms with Crippen molar-refractivity contribution in [1.82, 2.24) is 0 Å². The maximum absolute atomic E-state index is 11.2. The van der Waals surface area contributed by atoms with Crippen LogP contribution < -0.4 is 4.74 Å². The molecule has 0 heterocycles. The molecule has 0 bridgehead atoms. The van der Waals surface area contributed by atoms with Gasteiger partial charge >= 0.3 is 0 Å². The molecule has 0 radical (unpaired) electrons. The molecule has 5 heteroatoms. The van der Waals surface area contributed by atoms with Gasteiger partial charge in [-0.2, -0.15) is 0 Å². The van der Waals surface area contributed by atoms with E-state index in [4.69, 9.17) is 39.5 Å². The van der Waals surface area contributed by atoms with Crippen LogP contribution >= 0.6 is 34.8 Å². The number of allylic oxidation sites excluding steroid dienone is 3. The quantitative estimate of drug-likeness (QED) is 0.302. The number of alkyl halides is 3. The second-order valence-corrected chi connectivity index (χ2v) is 7.79. The Bertz CT molecular complexity index is 555. The molecule has 0 saturated heterocycles.